The summed E-state index contributed by atoms with van der Waals surface area (Å²) < 4.78 is 12.5. The van der Waals surface area contributed by atoms with Crippen molar-refractivity contribution in [2.24, 2.45) is 0 Å². The Morgan fingerprint density at radius 2 is 2.00 bits per heavy atom. The second kappa shape index (κ2) is 5.83. The van der Waals surface area contributed by atoms with E-state index in [-0.39, 0.29) is 0 Å². The molecule has 0 bridgehead atoms. The number of nitrogens with zero attached hydrogens (tertiary/aromatic N) is 1. The summed E-state index contributed by atoms with van der Waals surface area (Å²) in [6.07, 6.45) is 2.15. The van der Waals surface area contributed by atoms with Crippen molar-refractivity contribution in [1.29, 1.82) is 0 Å². The van der Waals surface area contributed by atoms with Crippen LogP contribution in [0.5, 0.6) is 0 Å². The molecule has 0 atom stereocenters. The number of aryl methyl sites for hydroxylation is 2. The van der Waals surface area contributed by atoms with E-state index in [1.54, 1.807) is 7.11 Å². The summed E-state index contributed by atoms with van der Waals surface area (Å²) in [6.45, 7) is 7.23. The van der Waals surface area contributed by atoms with Crippen molar-refractivity contribution in [3.05, 3.63) is 23.5 Å². The highest BCUT2D eigenvalue weighted by molar-refractivity contribution is 5.15. The number of hydrogen-bond acceptors (Lipinski definition) is 2. The molecule has 0 aliphatic carbocycles. The van der Waals surface area contributed by atoms with Crippen LogP contribution in [-0.2, 0) is 16.0 Å². The molecule has 1 aromatic rings. The van der Waals surface area contributed by atoms with Crippen LogP contribution in [0.2, 0.25) is 0 Å². The van der Waals surface area contributed by atoms with Gasteiger partial charge in [0.1, 0.15) is 0 Å². The van der Waals surface area contributed by atoms with Crippen LogP contribution < -0.4 is 0 Å². The van der Waals surface area contributed by atoms with E-state index in [9.17, 15) is 0 Å². The molecule has 0 amide bonds. The molecule has 0 radical (unpaired) electrons. The molecule has 1 rings (SSSR count). The highest BCUT2D eigenvalue weighted by atomic mass is 16.5. The fraction of sp³-hybridized carbons (Fsp3) is 0.636. The van der Waals surface area contributed by atoms with Gasteiger partial charge in [0.05, 0.1) is 19.8 Å². The summed E-state index contributed by atoms with van der Waals surface area (Å²) in [5.74, 6) is 0. The zero-order valence-corrected chi connectivity index (χ0v) is 9.25. The molecule has 14 heavy (non-hydrogen) atoms. The van der Waals surface area contributed by atoms with Gasteiger partial charge in [-0.1, -0.05) is 0 Å². The average Bonchev–Trinajstić information content (AvgIpc) is 2.45. The molecule has 1 aromatic heterocycles. The highest BCUT2D eigenvalue weighted by Gasteiger charge is 1.97. The molecular formula is C11H19NO2. The molecular weight excluding hydrogens is 178 g/mol. The molecule has 0 aromatic carbocycles. The summed E-state index contributed by atoms with van der Waals surface area (Å²) in [5, 5.41) is 0. The summed E-state index contributed by atoms with van der Waals surface area (Å²) in [5.41, 5.74) is 2.59. The molecule has 80 valence electrons. The number of ether oxygens (including phenoxy) is 2. The van der Waals surface area contributed by atoms with Gasteiger partial charge in [-0.2, -0.15) is 0 Å². The van der Waals surface area contributed by atoms with Crippen LogP contribution in [0.15, 0.2) is 12.3 Å². The Kier molecular flexibility index (Phi) is 4.70. The molecule has 3 heteroatoms. The standard InChI is InChI=1S/C11H19NO2/c1-10-8-11(2)12(9-10)4-5-14-7-6-13-3/h8-9H,4-7H2,1-3H3. The lowest BCUT2D eigenvalue weighted by Gasteiger charge is -2.06. The molecule has 0 unspecified atom stereocenters. The Bertz CT molecular complexity index is 268. The van der Waals surface area contributed by atoms with Crippen molar-refractivity contribution in [3.63, 3.8) is 0 Å². The molecule has 0 aliphatic rings. The van der Waals surface area contributed by atoms with Crippen LogP contribution in [-0.4, -0.2) is 31.5 Å². The molecule has 0 fully saturated rings. The molecule has 0 aliphatic heterocycles. The first-order valence-electron chi connectivity index (χ1n) is 4.94. The van der Waals surface area contributed by atoms with Gasteiger partial charge in [-0.15, -0.1) is 0 Å². The van der Waals surface area contributed by atoms with Crippen molar-refractivity contribution in [1.82, 2.24) is 4.57 Å². The summed E-state index contributed by atoms with van der Waals surface area (Å²) in [7, 11) is 1.68. The quantitative estimate of drug-likeness (QED) is 0.649. The second-order valence-corrected chi connectivity index (χ2v) is 3.46. The van der Waals surface area contributed by atoms with Crippen molar-refractivity contribution in [2.45, 2.75) is 20.4 Å². The van der Waals surface area contributed by atoms with E-state index >= 15 is 0 Å². The highest BCUT2D eigenvalue weighted by Crippen LogP contribution is 2.05. The monoisotopic (exact) mass is 197 g/mol. The minimum absolute atomic E-state index is 0.670. The zero-order chi connectivity index (χ0) is 10.4. The van der Waals surface area contributed by atoms with E-state index in [4.69, 9.17) is 9.47 Å². The van der Waals surface area contributed by atoms with Gasteiger partial charge in [-0.05, 0) is 25.5 Å². The zero-order valence-electron chi connectivity index (χ0n) is 9.25. The lowest BCUT2D eigenvalue weighted by atomic mass is 10.4. The van der Waals surface area contributed by atoms with E-state index in [0.717, 1.165) is 13.2 Å². The van der Waals surface area contributed by atoms with Crippen LogP contribution in [0.3, 0.4) is 0 Å². The molecule has 1 heterocycles. The van der Waals surface area contributed by atoms with Crippen LogP contribution in [0, 0.1) is 13.8 Å². The lowest BCUT2D eigenvalue weighted by molar-refractivity contribution is 0.0664. The van der Waals surface area contributed by atoms with Gasteiger partial charge < -0.3 is 14.0 Å². The summed E-state index contributed by atoms with van der Waals surface area (Å²) in [4.78, 5) is 0. The predicted octanol–water partition coefficient (Wildman–Crippen LogP) is 1.77. The van der Waals surface area contributed by atoms with Crippen molar-refractivity contribution >= 4 is 0 Å². The molecule has 0 saturated heterocycles. The summed E-state index contributed by atoms with van der Waals surface area (Å²) in [6, 6.07) is 2.18. The van der Waals surface area contributed by atoms with E-state index in [1.807, 2.05) is 0 Å². The topological polar surface area (TPSA) is 23.4 Å². The van der Waals surface area contributed by atoms with Gasteiger partial charge in [0, 0.05) is 25.5 Å². The first-order valence-corrected chi connectivity index (χ1v) is 4.94. The minimum Gasteiger partial charge on any atom is -0.382 e. The lowest BCUT2D eigenvalue weighted by Crippen LogP contribution is -2.09. The number of methoxy groups -OCH3 is 1. The van der Waals surface area contributed by atoms with Crippen molar-refractivity contribution in [2.75, 3.05) is 26.9 Å². The van der Waals surface area contributed by atoms with E-state index in [2.05, 4.69) is 30.7 Å². The Balaban J connectivity index is 2.21. The Hall–Kier alpha value is -0.800. The normalized spacial score (nSPS) is 10.8. The Morgan fingerprint density at radius 3 is 2.57 bits per heavy atom. The molecule has 3 nitrogen and oxygen atoms in total. The fourth-order valence-corrected chi connectivity index (χ4v) is 1.45. The maximum absolute atomic E-state index is 5.40. The van der Waals surface area contributed by atoms with Crippen LogP contribution in [0.4, 0.5) is 0 Å². The van der Waals surface area contributed by atoms with Crippen molar-refractivity contribution in [3.8, 4) is 0 Å². The van der Waals surface area contributed by atoms with Crippen LogP contribution in [0.1, 0.15) is 11.3 Å². The second-order valence-electron chi connectivity index (χ2n) is 3.46. The largest absolute Gasteiger partial charge is 0.382 e. The number of hydrogen-bond donors (Lipinski definition) is 0. The van der Waals surface area contributed by atoms with Crippen LogP contribution in [0.25, 0.3) is 0 Å². The SMILES string of the molecule is COCCOCCn1cc(C)cc1C. The van der Waals surface area contributed by atoms with Gasteiger partial charge in [0.2, 0.25) is 0 Å². The fourth-order valence-electron chi connectivity index (χ4n) is 1.45. The van der Waals surface area contributed by atoms with Crippen molar-refractivity contribution < 1.29 is 9.47 Å². The number of aromatic nitrogens is 1. The van der Waals surface area contributed by atoms with Gasteiger partial charge in [0.25, 0.3) is 0 Å². The molecule has 0 N–H and O–H groups in total. The van der Waals surface area contributed by atoms with Gasteiger partial charge in [-0.3, -0.25) is 0 Å². The first-order chi connectivity index (χ1) is 6.74. The third-order valence-electron chi connectivity index (χ3n) is 2.16. The van der Waals surface area contributed by atoms with Crippen LogP contribution >= 0.6 is 0 Å². The van der Waals surface area contributed by atoms with E-state index in [0.29, 0.717) is 13.2 Å². The smallest absolute Gasteiger partial charge is 0.0701 e. The van der Waals surface area contributed by atoms with Gasteiger partial charge in [0.15, 0.2) is 0 Å². The van der Waals surface area contributed by atoms with Gasteiger partial charge in [-0.25, -0.2) is 0 Å². The van der Waals surface area contributed by atoms with E-state index in [1.165, 1.54) is 11.3 Å². The van der Waals surface area contributed by atoms with Gasteiger partial charge >= 0.3 is 0 Å². The minimum atomic E-state index is 0.670. The predicted molar refractivity (Wildman–Crippen MR) is 56.6 cm³/mol. The molecule has 0 saturated carbocycles. The third-order valence-corrected chi connectivity index (χ3v) is 2.16. The van der Waals surface area contributed by atoms with E-state index < -0.39 is 0 Å². The number of rotatable bonds is 6. The maximum atomic E-state index is 5.40. The maximum Gasteiger partial charge on any atom is 0.0701 e. The Morgan fingerprint density at radius 1 is 1.21 bits per heavy atom. The average molecular weight is 197 g/mol. The first kappa shape index (κ1) is 11.3. The summed E-state index contributed by atoms with van der Waals surface area (Å²) >= 11 is 0. The Labute approximate surface area is 85.6 Å². The molecule has 0 spiro atoms. The third kappa shape index (κ3) is 3.52.